The largest absolute Gasteiger partial charge is 0.496 e. The zero-order valence-electron chi connectivity index (χ0n) is 17.9. The van der Waals surface area contributed by atoms with Gasteiger partial charge < -0.3 is 14.6 Å². The van der Waals surface area contributed by atoms with E-state index in [1.807, 2.05) is 45.9 Å². The lowest BCUT2D eigenvalue weighted by atomic mass is 9.89. The quantitative estimate of drug-likeness (QED) is 0.627. The summed E-state index contributed by atoms with van der Waals surface area (Å²) in [7, 11) is 3.30. The van der Waals surface area contributed by atoms with E-state index in [1.165, 1.54) is 0 Å². The first kappa shape index (κ1) is 21.5. The molecule has 0 bridgehead atoms. The average molecular weight is 383 g/mol. The van der Waals surface area contributed by atoms with Crippen LogP contribution in [0.4, 0.5) is 0 Å². The van der Waals surface area contributed by atoms with Crippen LogP contribution in [0.1, 0.15) is 57.9 Å². The molecule has 0 amide bonds. The molecule has 2 rings (SSSR count). The van der Waals surface area contributed by atoms with Gasteiger partial charge in [-0.1, -0.05) is 31.6 Å². The zero-order valence-corrected chi connectivity index (χ0v) is 17.9. The number of methoxy groups -OCH3 is 2. The molecule has 2 aromatic rings. The van der Waals surface area contributed by atoms with E-state index in [9.17, 15) is 9.90 Å². The van der Waals surface area contributed by atoms with Crippen LogP contribution in [0.15, 0.2) is 18.2 Å². The summed E-state index contributed by atoms with van der Waals surface area (Å²) in [6.07, 6.45) is 5.88. The predicted molar refractivity (Wildman–Crippen MR) is 115 cm³/mol. The highest BCUT2D eigenvalue weighted by Gasteiger charge is 2.22. The number of rotatable bonds is 7. The summed E-state index contributed by atoms with van der Waals surface area (Å²) in [4.78, 5) is 12.0. The Morgan fingerprint density at radius 1 is 1.00 bits per heavy atom. The van der Waals surface area contributed by atoms with Gasteiger partial charge in [-0.3, -0.25) is 0 Å². The first-order valence-electron chi connectivity index (χ1n) is 9.54. The zero-order chi connectivity index (χ0) is 21.0. The molecule has 4 nitrogen and oxygen atoms in total. The number of aromatic carboxylic acids is 1. The van der Waals surface area contributed by atoms with Gasteiger partial charge in [0.05, 0.1) is 19.8 Å². The van der Waals surface area contributed by atoms with Crippen molar-refractivity contribution in [2.45, 2.75) is 47.5 Å². The lowest BCUT2D eigenvalue weighted by molar-refractivity contribution is 0.0696. The molecule has 28 heavy (non-hydrogen) atoms. The molecule has 0 aliphatic rings. The SMILES string of the molecule is CCCC=Cc1c(C)cc(-c2c(C)c(OC)c(C)c(C)c2OC)cc1C(=O)O. The molecule has 0 unspecified atom stereocenters. The fourth-order valence-corrected chi connectivity index (χ4v) is 3.71. The normalized spacial score (nSPS) is 11.1. The van der Waals surface area contributed by atoms with Gasteiger partial charge in [0.2, 0.25) is 0 Å². The minimum absolute atomic E-state index is 0.293. The lowest BCUT2D eigenvalue weighted by Gasteiger charge is -2.21. The summed E-state index contributed by atoms with van der Waals surface area (Å²) in [6, 6.07) is 3.76. The highest BCUT2D eigenvalue weighted by atomic mass is 16.5. The molecule has 0 atom stereocenters. The van der Waals surface area contributed by atoms with Crippen molar-refractivity contribution in [2.24, 2.45) is 0 Å². The third-order valence-electron chi connectivity index (χ3n) is 5.24. The molecule has 150 valence electrons. The number of allylic oxidation sites excluding steroid dienone is 1. The second kappa shape index (κ2) is 8.96. The van der Waals surface area contributed by atoms with Crippen LogP contribution in [0.25, 0.3) is 17.2 Å². The van der Waals surface area contributed by atoms with Crippen LogP contribution in [0.3, 0.4) is 0 Å². The molecule has 0 aliphatic heterocycles. The van der Waals surface area contributed by atoms with Crippen molar-refractivity contribution in [3.63, 3.8) is 0 Å². The van der Waals surface area contributed by atoms with Crippen molar-refractivity contribution in [3.05, 3.63) is 51.6 Å². The molecule has 0 radical (unpaired) electrons. The monoisotopic (exact) mass is 382 g/mol. The second-order valence-electron chi connectivity index (χ2n) is 7.07. The number of carboxylic acids is 1. The number of ether oxygens (including phenoxy) is 2. The Morgan fingerprint density at radius 2 is 1.61 bits per heavy atom. The highest BCUT2D eigenvalue weighted by molar-refractivity contribution is 5.95. The summed E-state index contributed by atoms with van der Waals surface area (Å²) in [5.41, 5.74) is 6.60. The first-order chi connectivity index (χ1) is 13.3. The van der Waals surface area contributed by atoms with E-state index < -0.39 is 5.97 Å². The number of aryl methyl sites for hydroxylation is 1. The van der Waals surface area contributed by atoms with Crippen molar-refractivity contribution < 1.29 is 19.4 Å². The van der Waals surface area contributed by atoms with Crippen LogP contribution >= 0.6 is 0 Å². The van der Waals surface area contributed by atoms with Gasteiger partial charge in [-0.25, -0.2) is 4.79 Å². The number of hydrogen-bond donors (Lipinski definition) is 1. The summed E-state index contributed by atoms with van der Waals surface area (Å²) in [5.74, 6) is 0.615. The molecule has 0 heterocycles. The van der Waals surface area contributed by atoms with Gasteiger partial charge in [0.15, 0.2) is 0 Å². The molecule has 0 aromatic heterocycles. The van der Waals surface area contributed by atoms with E-state index >= 15 is 0 Å². The number of carbonyl (C=O) groups is 1. The Bertz CT molecular complexity index is 923. The minimum atomic E-state index is -0.937. The van der Waals surface area contributed by atoms with Crippen LogP contribution in [0, 0.1) is 27.7 Å². The predicted octanol–water partition coefficient (Wildman–Crippen LogP) is 6.12. The molecule has 0 aliphatic carbocycles. The van der Waals surface area contributed by atoms with Gasteiger partial charge in [-0.05, 0) is 68.0 Å². The third kappa shape index (κ3) is 3.91. The van der Waals surface area contributed by atoms with Gasteiger partial charge in [0.25, 0.3) is 0 Å². The standard InChI is InChI=1S/C24H30O4/c1-8-9-10-11-19-14(2)12-18(13-20(19)24(25)26)21-17(5)22(27-6)15(3)16(4)23(21)28-7/h10-13H,8-9H2,1-7H3,(H,25,26). The van der Waals surface area contributed by atoms with Crippen LogP contribution in [0.5, 0.6) is 11.5 Å². The highest BCUT2D eigenvalue weighted by Crippen LogP contribution is 2.44. The average Bonchev–Trinajstić information content (AvgIpc) is 2.65. The van der Waals surface area contributed by atoms with Gasteiger partial charge >= 0.3 is 5.97 Å². The van der Waals surface area contributed by atoms with Gasteiger partial charge in [0, 0.05) is 11.1 Å². The Kier molecular flexibility index (Phi) is 6.90. The minimum Gasteiger partial charge on any atom is -0.496 e. The molecule has 2 aromatic carbocycles. The Hall–Kier alpha value is -2.75. The van der Waals surface area contributed by atoms with Crippen molar-refractivity contribution in [3.8, 4) is 22.6 Å². The Labute approximate surface area is 167 Å². The maximum Gasteiger partial charge on any atom is 0.336 e. The smallest absolute Gasteiger partial charge is 0.336 e. The molecule has 0 saturated carbocycles. The summed E-state index contributed by atoms with van der Waals surface area (Å²) in [6.45, 7) is 10.0. The van der Waals surface area contributed by atoms with E-state index in [-0.39, 0.29) is 0 Å². The number of benzene rings is 2. The van der Waals surface area contributed by atoms with Gasteiger partial charge in [-0.2, -0.15) is 0 Å². The van der Waals surface area contributed by atoms with E-state index in [0.717, 1.165) is 63.3 Å². The van der Waals surface area contributed by atoms with E-state index in [1.54, 1.807) is 20.3 Å². The van der Waals surface area contributed by atoms with Crippen molar-refractivity contribution in [1.82, 2.24) is 0 Å². The van der Waals surface area contributed by atoms with E-state index in [2.05, 4.69) is 6.92 Å². The number of carboxylic acid groups (broad SMARTS) is 1. The molecule has 4 heteroatoms. The molecule has 1 N–H and O–H groups in total. The Balaban J connectivity index is 2.83. The molecular formula is C24H30O4. The van der Waals surface area contributed by atoms with Crippen molar-refractivity contribution in [1.29, 1.82) is 0 Å². The molecule has 0 saturated heterocycles. The third-order valence-corrected chi connectivity index (χ3v) is 5.24. The summed E-state index contributed by atoms with van der Waals surface area (Å²) < 4.78 is 11.4. The second-order valence-corrected chi connectivity index (χ2v) is 7.07. The maximum absolute atomic E-state index is 12.0. The van der Waals surface area contributed by atoms with Gasteiger partial charge in [0.1, 0.15) is 11.5 Å². The van der Waals surface area contributed by atoms with Crippen LogP contribution in [-0.4, -0.2) is 25.3 Å². The van der Waals surface area contributed by atoms with Crippen molar-refractivity contribution in [2.75, 3.05) is 14.2 Å². The van der Waals surface area contributed by atoms with Gasteiger partial charge in [-0.15, -0.1) is 0 Å². The fraction of sp³-hybridized carbons (Fsp3) is 0.375. The van der Waals surface area contributed by atoms with Crippen molar-refractivity contribution >= 4 is 12.0 Å². The molecule has 0 spiro atoms. The number of unbranched alkanes of at least 4 members (excludes halogenated alkanes) is 1. The maximum atomic E-state index is 12.0. The van der Waals surface area contributed by atoms with E-state index in [0.29, 0.717) is 5.56 Å². The van der Waals surface area contributed by atoms with Crippen LogP contribution in [0.2, 0.25) is 0 Å². The van der Waals surface area contributed by atoms with E-state index in [4.69, 9.17) is 9.47 Å². The van der Waals surface area contributed by atoms with Crippen LogP contribution in [-0.2, 0) is 0 Å². The number of hydrogen-bond acceptors (Lipinski definition) is 3. The topological polar surface area (TPSA) is 55.8 Å². The summed E-state index contributed by atoms with van der Waals surface area (Å²) >= 11 is 0. The lowest BCUT2D eigenvalue weighted by Crippen LogP contribution is -2.05. The van der Waals surface area contributed by atoms with Crippen LogP contribution < -0.4 is 9.47 Å². The molecular weight excluding hydrogens is 352 g/mol. The summed E-state index contributed by atoms with van der Waals surface area (Å²) in [5, 5.41) is 9.82. The first-order valence-corrected chi connectivity index (χ1v) is 9.54. The molecule has 0 fully saturated rings. The fourth-order valence-electron chi connectivity index (χ4n) is 3.71. The Morgan fingerprint density at radius 3 is 2.14 bits per heavy atom.